The van der Waals surface area contributed by atoms with Crippen LogP contribution < -0.4 is 5.32 Å². The van der Waals surface area contributed by atoms with Crippen molar-refractivity contribution in [1.29, 1.82) is 0 Å². The SMILES string of the molecule is c1ccc2c(c1)CNCC2c1nc(C2CCCS2)no1. The van der Waals surface area contributed by atoms with Gasteiger partial charge in [0.25, 0.3) is 0 Å². The zero-order valence-electron chi connectivity index (χ0n) is 11.2. The Hall–Kier alpha value is -1.33. The minimum absolute atomic E-state index is 0.188. The number of hydrogen-bond donors (Lipinski definition) is 1. The molecule has 1 fully saturated rings. The quantitative estimate of drug-likeness (QED) is 0.920. The maximum Gasteiger partial charge on any atom is 0.235 e. The summed E-state index contributed by atoms with van der Waals surface area (Å²) >= 11 is 1.94. The third-order valence-electron chi connectivity index (χ3n) is 4.07. The van der Waals surface area contributed by atoms with Crippen LogP contribution >= 0.6 is 11.8 Å². The average Bonchev–Trinajstić information content (AvgIpc) is 3.17. The van der Waals surface area contributed by atoms with E-state index in [-0.39, 0.29) is 5.92 Å². The van der Waals surface area contributed by atoms with E-state index in [0.29, 0.717) is 5.25 Å². The van der Waals surface area contributed by atoms with Gasteiger partial charge in [0.05, 0.1) is 11.2 Å². The van der Waals surface area contributed by atoms with Crippen LogP contribution in [0, 0.1) is 0 Å². The molecule has 4 nitrogen and oxygen atoms in total. The van der Waals surface area contributed by atoms with E-state index in [1.54, 1.807) is 0 Å². The topological polar surface area (TPSA) is 51.0 Å². The molecule has 1 aromatic heterocycles. The van der Waals surface area contributed by atoms with Gasteiger partial charge in [-0.15, -0.1) is 0 Å². The van der Waals surface area contributed by atoms with E-state index in [1.807, 2.05) is 11.8 Å². The van der Waals surface area contributed by atoms with Gasteiger partial charge in [-0.2, -0.15) is 16.7 Å². The Labute approximate surface area is 122 Å². The molecule has 1 saturated heterocycles. The second-order valence-corrected chi connectivity index (χ2v) is 6.69. The van der Waals surface area contributed by atoms with E-state index >= 15 is 0 Å². The van der Waals surface area contributed by atoms with Crippen LogP contribution in [0.5, 0.6) is 0 Å². The zero-order chi connectivity index (χ0) is 13.4. The van der Waals surface area contributed by atoms with Gasteiger partial charge >= 0.3 is 0 Å². The molecule has 0 bridgehead atoms. The molecule has 4 rings (SSSR count). The van der Waals surface area contributed by atoms with Gasteiger partial charge in [-0.05, 0) is 29.7 Å². The first-order valence-corrected chi connectivity index (χ1v) is 8.20. The van der Waals surface area contributed by atoms with Crippen LogP contribution in [-0.4, -0.2) is 22.4 Å². The fraction of sp³-hybridized carbons (Fsp3) is 0.467. The lowest BCUT2D eigenvalue weighted by atomic mass is 9.91. The molecule has 2 aromatic rings. The second-order valence-electron chi connectivity index (χ2n) is 5.37. The third kappa shape index (κ3) is 2.15. The van der Waals surface area contributed by atoms with E-state index in [4.69, 9.17) is 4.52 Å². The lowest BCUT2D eigenvalue weighted by Crippen LogP contribution is -2.28. The minimum Gasteiger partial charge on any atom is -0.339 e. The zero-order valence-corrected chi connectivity index (χ0v) is 12.0. The normalized spacial score (nSPS) is 25.6. The molecule has 104 valence electrons. The van der Waals surface area contributed by atoms with Gasteiger partial charge < -0.3 is 9.84 Å². The maximum absolute atomic E-state index is 5.56. The molecule has 0 radical (unpaired) electrons. The summed E-state index contributed by atoms with van der Waals surface area (Å²) in [5.41, 5.74) is 2.65. The monoisotopic (exact) mass is 287 g/mol. The van der Waals surface area contributed by atoms with Gasteiger partial charge in [-0.25, -0.2) is 0 Å². The van der Waals surface area contributed by atoms with Crippen molar-refractivity contribution in [2.24, 2.45) is 0 Å². The molecule has 2 aliphatic heterocycles. The fourth-order valence-electron chi connectivity index (χ4n) is 3.02. The van der Waals surface area contributed by atoms with Crippen LogP contribution in [0.4, 0.5) is 0 Å². The van der Waals surface area contributed by atoms with Gasteiger partial charge in [0.2, 0.25) is 5.89 Å². The molecule has 2 unspecified atom stereocenters. The summed E-state index contributed by atoms with van der Waals surface area (Å²) in [7, 11) is 0. The molecule has 2 atom stereocenters. The van der Waals surface area contributed by atoms with E-state index in [1.165, 1.54) is 29.7 Å². The van der Waals surface area contributed by atoms with Crippen LogP contribution in [0.25, 0.3) is 0 Å². The smallest absolute Gasteiger partial charge is 0.235 e. The van der Waals surface area contributed by atoms with Gasteiger partial charge in [-0.3, -0.25) is 0 Å². The summed E-state index contributed by atoms with van der Waals surface area (Å²) in [5, 5.41) is 8.08. The third-order valence-corrected chi connectivity index (χ3v) is 5.44. The van der Waals surface area contributed by atoms with Crippen molar-refractivity contribution in [1.82, 2.24) is 15.5 Å². The summed E-state index contributed by atoms with van der Waals surface area (Å²) in [6, 6.07) is 8.51. The molecule has 20 heavy (non-hydrogen) atoms. The Morgan fingerprint density at radius 2 is 2.25 bits per heavy atom. The van der Waals surface area contributed by atoms with Crippen LogP contribution in [-0.2, 0) is 6.54 Å². The average molecular weight is 287 g/mol. The Kier molecular flexibility index (Phi) is 3.24. The van der Waals surface area contributed by atoms with Crippen molar-refractivity contribution in [2.75, 3.05) is 12.3 Å². The van der Waals surface area contributed by atoms with Crippen molar-refractivity contribution in [2.45, 2.75) is 30.6 Å². The van der Waals surface area contributed by atoms with Crippen molar-refractivity contribution < 1.29 is 4.52 Å². The number of nitrogens with one attached hydrogen (secondary N) is 1. The van der Waals surface area contributed by atoms with Gasteiger partial charge in [0.15, 0.2) is 5.82 Å². The van der Waals surface area contributed by atoms with Crippen LogP contribution in [0.15, 0.2) is 28.8 Å². The molecule has 0 saturated carbocycles. The standard InChI is InChI=1S/C15H17N3OS/c1-2-5-11-10(4-1)8-16-9-12(11)15-17-14(18-19-15)13-6-3-7-20-13/h1-2,4-5,12-13,16H,3,6-9H2. The molecule has 0 spiro atoms. The maximum atomic E-state index is 5.56. The highest BCUT2D eigenvalue weighted by Gasteiger charge is 2.29. The van der Waals surface area contributed by atoms with Crippen molar-refractivity contribution in [3.63, 3.8) is 0 Å². The summed E-state index contributed by atoms with van der Waals surface area (Å²) < 4.78 is 5.56. The first kappa shape index (κ1) is 12.4. The largest absolute Gasteiger partial charge is 0.339 e. The summed E-state index contributed by atoms with van der Waals surface area (Å²) in [5.74, 6) is 3.04. The summed E-state index contributed by atoms with van der Waals surface area (Å²) in [4.78, 5) is 4.68. The molecule has 0 aliphatic carbocycles. The molecule has 1 N–H and O–H groups in total. The van der Waals surface area contributed by atoms with Crippen LogP contribution in [0.3, 0.4) is 0 Å². The lowest BCUT2D eigenvalue weighted by molar-refractivity contribution is 0.352. The Morgan fingerprint density at radius 1 is 1.30 bits per heavy atom. The number of hydrogen-bond acceptors (Lipinski definition) is 5. The lowest BCUT2D eigenvalue weighted by Gasteiger charge is -2.23. The van der Waals surface area contributed by atoms with Crippen molar-refractivity contribution in [3.8, 4) is 0 Å². The first-order chi connectivity index (χ1) is 9.92. The number of benzene rings is 1. The van der Waals surface area contributed by atoms with E-state index in [0.717, 1.165) is 24.8 Å². The van der Waals surface area contributed by atoms with Crippen molar-refractivity contribution in [3.05, 3.63) is 47.1 Å². The molecule has 3 heterocycles. The second kappa shape index (κ2) is 5.22. The molecule has 5 heteroatoms. The number of fused-ring (bicyclic) bond motifs is 1. The Bertz CT molecular complexity index is 607. The van der Waals surface area contributed by atoms with Crippen molar-refractivity contribution >= 4 is 11.8 Å². The fourth-order valence-corrected chi connectivity index (χ4v) is 4.21. The van der Waals surface area contributed by atoms with Gasteiger partial charge in [-0.1, -0.05) is 29.4 Å². The van der Waals surface area contributed by atoms with E-state index in [9.17, 15) is 0 Å². The van der Waals surface area contributed by atoms with Gasteiger partial charge in [0.1, 0.15) is 0 Å². The summed E-state index contributed by atoms with van der Waals surface area (Å²) in [6.45, 7) is 1.79. The first-order valence-electron chi connectivity index (χ1n) is 7.15. The molecule has 0 amide bonds. The van der Waals surface area contributed by atoms with E-state index < -0.39 is 0 Å². The number of aromatic nitrogens is 2. The predicted octanol–water partition coefficient (Wildman–Crippen LogP) is 2.87. The predicted molar refractivity (Wildman–Crippen MR) is 78.7 cm³/mol. The van der Waals surface area contributed by atoms with E-state index in [2.05, 4.69) is 39.7 Å². The molecule has 2 aliphatic rings. The van der Waals surface area contributed by atoms with Crippen LogP contribution in [0.2, 0.25) is 0 Å². The number of thioether (sulfide) groups is 1. The minimum atomic E-state index is 0.188. The Morgan fingerprint density at radius 3 is 3.15 bits per heavy atom. The number of rotatable bonds is 2. The Balaban J connectivity index is 1.65. The highest BCUT2D eigenvalue weighted by Crippen LogP contribution is 2.39. The van der Waals surface area contributed by atoms with Crippen LogP contribution in [0.1, 0.15) is 46.9 Å². The number of nitrogens with zero attached hydrogens (tertiary/aromatic N) is 2. The highest BCUT2D eigenvalue weighted by atomic mass is 32.2. The molecular formula is C15H17N3OS. The molecule has 1 aromatic carbocycles. The summed E-state index contributed by atoms with van der Waals surface area (Å²) in [6.07, 6.45) is 2.43. The molecular weight excluding hydrogens is 270 g/mol. The highest BCUT2D eigenvalue weighted by molar-refractivity contribution is 7.99. The van der Waals surface area contributed by atoms with Gasteiger partial charge in [0, 0.05) is 13.1 Å².